The molecule has 0 radical (unpaired) electrons. The molecule has 0 unspecified atom stereocenters. The van der Waals surface area contributed by atoms with Gasteiger partial charge in [-0.2, -0.15) is 10.5 Å². The van der Waals surface area contributed by atoms with Crippen LogP contribution in [-0.2, 0) is 14.3 Å². The van der Waals surface area contributed by atoms with E-state index in [1.165, 1.54) is 4.90 Å². The van der Waals surface area contributed by atoms with Crippen molar-refractivity contribution in [3.05, 3.63) is 24.3 Å². The van der Waals surface area contributed by atoms with E-state index in [0.717, 1.165) is 0 Å². The molecule has 1 rings (SSSR count). The number of methoxy groups -OCH3 is 1. The number of nitriles is 2. The van der Waals surface area contributed by atoms with Gasteiger partial charge in [-0.3, -0.25) is 4.79 Å². The lowest BCUT2D eigenvalue weighted by Gasteiger charge is -2.20. The van der Waals surface area contributed by atoms with Gasteiger partial charge in [0.2, 0.25) is 0 Å². The molecule has 0 atom stereocenters. The number of hydrogen-bond acceptors (Lipinski definition) is 7. The Morgan fingerprint density at radius 1 is 1.00 bits per heavy atom. The fraction of sp³-hybridized carbons (Fsp3) is 0.412. The zero-order chi connectivity index (χ0) is 18.5. The lowest BCUT2D eigenvalue weighted by atomic mass is 10.3. The highest BCUT2D eigenvalue weighted by atomic mass is 16.6. The summed E-state index contributed by atoms with van der Waals surface area (Å²) in [5.41, 5.74) is 0. The Morgan fingerprint density at radius 3 is 2.08 bits per heavy atom. The van der Waals surface area contributed by atoms with E-state index in [1.54, 1.807) is 31.4 Å². The lowest BCUT2D eigenvalue weighted by Crippen LogP contribution is -2.36. The molecule has 0 aliphatic heterocycles. The average molecular weight is 345 g/mol. The average Bonchev–Trinajstić information content (AvgIpc) is 2.65. The molecule has 1 amide bonds. The number of carbonyl (C=O) groups excluding carboxylic acids is 2. The van der Waals surface area contributed by atoms with Crippen LogP contribution in [0, 0.1) is 22.7 Å². The van der Waals surface area contributed by atoms with E-state index in [9.17, 15) is 9.59 Å². The van der Waals surface area contributed by atoms with Gasteiger partial charge in [-0.05, 0) is 24.3 Å². The maximum atomic E-state index is 12.0. The minimum atomic E-state index is -0.690. The summed E-state index contributed by atoms with van der Waals surface area (Å²) >= 11 is 0. The molecule has 8 heteroatoms. The second-order valence-corrected chi connectivity index (χ2v) is 4.82. The van der Waals surface area contributed by atoms with Crippen LogP contribution in [0.3, 0.4) is 0 Å². The first-order valence-corrected chi connectivity index (χ1v) is 7.55. The van der Waals surface area contributed by atoms with E-state index in [4.69, 9.17) is 24.7 Å². The molecule has 0 aliphatic rings. The second kappa shape index (κ2) is 11.3. The normalized spacial score (nSPS) is 9.40. The molecule has 0 saturated carbocycles. The van der Waals surface area contributed by atoms with Gasteiger partial charge in [0.1, 0.15) is 11.5 Å². The Morgan fingerprint density at radius 2 is 1.56 bits per heavy atom. The van der Waals surface area contributed by atoms with Gasteiger partial charge < -0.3 is 19.1 Å². The molecule has 0 N–H and O–H groups in total. The van der Waals surface area contributed by atoms with Crippen LogP contribution in [0.5, 0.6) is 11.5 Å². The maximum absolute atomic E-state index is 12.0. The summed E-state index contributed by atoms with van der Waals surface area (Å²) in [7, 11) is 1.54. The van der Waals surface area contributed by atoms with Crippen molar-refractivity contribution < 1.29 is 23.8 Å². The monoisotopic (exact) mass is 345 g/mol. The van der Waals surface area contributed by atoms with Gasteiger partial charge in [0, 0.05) is 13.1 Å². The van der Waals surface area contributed by atoms with Gasteiger partial charge in [0.15, 0.2) is 13.2 Å². The van der Waals surface area contributed by atoms with Crippen molar-refractivity contribution in [1.82, 2.24) is 4.90 Å². The molecule has 0 aromatic heterocycles. The van der Waals surface area contributed by atoms with Crippen LogP contribution in [0.2, 0.25) is 0 Å². The largest absolute Gasteiger partial charge is 0.497 e. The Labute approximate surface area is 146 Å². The third-order valence-electron chi connectivity index (χ3n) is 3.11. The Balaban J connectivity index is 2.38. The van der Waals surface area contributed by atoms with Crippen LogP contribution >= 0.6 is 0 Å². The highest BCUT2D eigenvalue weighted by Gasteiger charge is 2.15. The Kier molecular flexibility index (Phi) is 8.95. The summed E-state index contributed by atoms with van der Waals surface area (Å²) in [5.74, 6) is -0.0166. The van der Waals surface area contributed by atoms with E-state index in [0.29, 0.717) is 11.5 Å². The van der Waals surface area contributed by atoms with Crippen molar-refractivity contribution >= 4 is 11.9 Å². The molecule has 0 bridgehead atoms. The molecule has 1 aromatic rings. The van der Waals surface area contributed by atoms with Crippen molar-refractivity contribution in [2.75, 3.05) is 33.4 Å². The number of carbonyl (C=O) groups is 2. The van der Waals surface area contributed by atoms with Crippen molar-refractivity contribution in [2.45, 2.75) is 12.8 Å². The van der Waals surface area contributed by atoms with Crippen LogP contribution in [0.4, 0.5) is 0 Å². The minimum absolute atomic E-state index is 0.145. The van der Waals surface area contributed by atoms with Gasteiger partial charge in [0.25, 0.3) is 5.91 Å². The molecular formula is C17H19N3O5. The van der Waals surface area contributed by atoms with Crippen molar-refractivity contribution in [1.29, 1.82) is 10.5 Å². The smallest absolute Gasteiger partial charge is 0.344 e. The number of hydrogen-bond donors (Lipinski definition) is 0. The van der Waals surface area contributed by atoms with Gasteiger partial charge in [-0.25, -0.2) is 4.79 Å². The van der Waals surface area contributed by atoms with E-state index < -0.39 is 18.5 Å². The number of ether oxygens (including phenoxy) is 3. The highest BCUT2D eigenvalue weighted by Crippen LogP contribution is 2.16. The molecule has 8 nitrogen and oxygen atoms in total. The molecule has 1 aromatic carbocycles. The van der Waals surface area contributed by atoms with E-state index in [2.05, 4.69) is 0 Å². The number of amides is 1. The molecular weight excluding hydrogens is 326 g/mol. The molecule has 0 spiro atoms. The molecule has 0 fully saturated rings. The van der Waals surface area contributed by atoms with Crippen LogP contribution in [0.1, 0.15) is 12.8 Å². The van der Waals surface area contributed by atoms with Crippen LogP contribution in [0.15, 0.2) is 24.3 Å². The predicted molar refractivity (Wildman–Crippen MR) is 86.5 cm³/mol. The summed E-state index contributed by atoms with van der Waals surface area (Å²) in [6.07, 6.45) is 0.289. The fourth-order valence-corrected chi connectivity index (χ4v) is 1.82. The highest BCUT2D eigenvalue weighted by molar-refractivity contribution is 5.81. The summed E-state index contributed by atoms with van der Waals surface area (Å²) < 4.78 is 15.1. The topological polar surface area (TPSA) is 113 Å². The quantitative estimate of drug-likeness (QED) is 0.587. The maximum Gasteiger partial charge on any atom is 0.344 e. The standard InChI is InChI=1S/C17H19N3O5/c1-23-14-4-6-15(7-5-14)24-13-17(22)25-12-16(21)20(10-2-8-18)11-3-9-19/h4-7H,2-3,10-13H2,1H3. The van der Waals surface area contributed by atoms with Gasteiger partial charge >= 0.3 is 5.97 Å². The van der Waals surface area contributed by atoms with E-state index in [1.807, 2.05) is 12.1 Å². The molecule has 132 valence electrons. The first-order chi connectivity index (χ1) is 12.1. The number of benzene rings is 1. The Bertz CT molecular complexity index is 628. The van der Waals surface area contributed by atoms with E-state index >= 15 is 0 Å². The molecule has 0 aliphatic carbocycles. The van der Waals surface area contributed by atoms with Crippen molar-refractivity contribution in [3.63, 3.8) is 0 Å². The SMILES string of the molecule is COc1ccc(OCC(=O)OCC(=O)N(CCC#N)CCC#N)cc1. The van der Waals surface area contributed by atoms with Gasteiger partial charge in [-0.15, -0.1) is 0 Å². The number of rotatable bonds is 10. The van der Waals surface area contributed by atoms with Gasteiger partial charge in [-0.1, -0.05) is 0 Å². The zero-order valence-corrected chi connectivity index (χ0v) is 13.9. The number of esters is 1. The first-order valence-electron chi connectivity index (χ1n) is 7.55. The molecule has 25 heavy (non-hydrogen) atoms. The zero-order valence-electron chi connectivity index (χ0n) is 13.9. The third kappa shape index (κ3) is 7.71. The van der Waals surface area contributed by atoms with E-state index in [-0.39, 0.29) is 32.5 Å². The minimum Gasteiger partial charge on any atom is -0.497 e. The summed E-state index contributed by atoms with van der Waals surface area (Å²) in [6, 6.07) is 10.5. The van der Waals surface area contributed by atoms with Crippen LogP contribution in [0.25, 0.3) is 0 Å². The number of nitrogens with zero attached hydrogens (tertiary/aromatic N) is 3. The summed E-state index contributed by atoms with van der Waals surface area (Å²) in [6.45, 7) is -0.411. The third-order valence-corrected chi connectivity index (χ3v) is 3.11. The van der Waals surface area contributed by atoms with Gasteiger partial charge in [0.05, 0.1) is 32.1 Å². The van der Waals surface area contributed by atoms with Crippen LogP contribution in [-0.4, -0.2) is 50.2 Å². The second-order valence-electron chi connectivity index (χ2n) is 4.82. The summed E-state index contributed by atoms with van der Waals surface area (Å²) in [5, 5.41) is 17.2. The lowest BCUT2D eigenvalue weighted by molar-refractivity contribution is -0.153. The molecule has 0 heterocycles. The Hall–Kier alpha value is -3.26. The summed E-state index contributed by atoms with van der Waals surface area (Å²) in [4.78, 5) is 25.0. The predicted octanol–water partition coefficient (Wildman–Crippen LogP) is 1.27. The first kappa shape index (κ1) is 19.8. The van der Waals surface area contributed by atoms with Crippen molar-refractivity contribution in [2.24, 2.45) is 0 Å². The molecule has 0 saturated heterocycles. The van der Waals surface area contributed by atoms with Crippen LogP contribution < -0.4 is 9.47 Å². The van der Waals surface area contributed by atoms with Crippen molar-refractivity contribution in [3.8, 4) is 23.6 Å². The fourth-order valence-electron chi connectivity index (χ4n) is 1.82.